The van der Waals surface area contributed by atoms with Crippen LogP contribution in [0.1, 0.15) is 17.7 Å². The highest BCUT2D eigenvalue weighted by molar-refractivity contribution is 8.00. The standard InChI is InChI=1S/C11H14O3S/c1-8(7-12)15-10(11(13)14)9-5-3-2-4-6-9/h2-6,8,10,12H,7H2,1H3,(H,13,14). The first kappa shape index (κ1) is 12.1. The van der Waals surface area contributed by atoms with Gasteiger partial charge >= 0.3 is 5.97 Å². The van der Waals surface area contributed by atoms with Gasteiger partial charge in [-0.05, 0) is 5.56 Å². The maximum absolute atomic E-state index is 11.0. The summed E-state index contributed by atoms with van der Waals surface area (Å²) in [4.78, 5) is 11.0. The van der Waals surface area contributed by atoms with Crippen LogP contribution in [0.3, 0.4) is 0 Å². The summed E-state index contributed by atoms with van der Waals surface area (Å²) in [6.45, 7) is 1.80. The van der Waals surface area contributed by atoms with Gasteiger partial charge in [-0.2, -0.15) is 0 Å². The van der Waals surface area contributed by atoms with E-state index in [2.05, 4.69) is 0 Å². The highest BCUT2D eigenvalue weighted by Gasteiger charge is 2.22. The first-order chi connectivity index (χ1) is 7.15. The zero-order valence-corrected chi connectivity index (χ0v) is 9.28. The molecule has 3 nitrogen and oxygen atoms in total. The monoisotopic (exact) mass is 226 g/mol. The molecule has 4 heteroatoms. The summed E-state index contributed by atoms with van der Waals surface area (Å²) in [6.07, 6.45) is 0. The number of thioether (sulfide) groups is 1. The van der Waals surface area contributed by atoms with Crippen molar-refractivity contribution in [2.24, 2.45) is 0 Å². The van der Waals surface area contributed by atoms with Crippen LogP contribution in [0.25, 0.3) is 0 Å². The fourth-order valence-corrected chi connectivity index (χ4v) is 2.16. The smallest absolute Gasteiger partial charge is 0.321 e. The predicted octanol–water partition coefficient (Wildman–Crippen LogP) is 1.93. The van der Waals surface area contributed by atoms with Gasteiger partial charge in [0.1, 0.15) is 5.25 Å². The van der Waals surface area contributed by atoms with E-state index in [0.717, 1.165) is 5.56 Å². The minimum Gasteiger partial charge on any atom is -0.480 e. The zero-order chi connectivity index (χ0) is 11.3. The number of benzene rings is 1. The van der Waals surface area contributed by atoms with Gasteiger partial charge in [-0.15, -0.1) is 11.8 Å². The largest absolute Gasteiger partial charge is 0.480 e. The summed E-state index contributed by atoms with van der Waals surface area (Å²) in [5, 5.41) is 17.3. The van der Waals surface area contributed by atoms with Crippen molar-refractivity contribution in [1.29, 1.82) is 0 Å². The Morgan fingerprint density at radius 2 is 2.00 bits per heavy atom. The number of hydrogen-bond donors (Lipinski definition) is 2. The van der Waals surface area contributed by atoms with Gasteiger partial charge in [0, 0.05) is 5.25 Å². The lowest BCUT2D eigenvalue weighted by Gasteiger charge is -2.15. The minimum atomic E-state index is -0.869. The van der Waals surface area contributed by atoms with E-state index >= 15 is 0 Å². The molecule has 1 aromatic carbocycles. The molecule has 0 heterocycles. The summed E-state index contributed by atoms with van der Waals surface area (Å²) >= 11 is 1.26. The molecule has 0 aliphatic heterocycles. The minimum absolute atomic E-state index is 0.0126. The number of rotatable bonds is 5. The van der Waals surface area contributed by atoms with Crippen LogP contribution in [0.4, 0.5) is 0 Å². The van der Waals surface area contributed by atoms with Crippen LogP contribution >= 0.6 is 11.8 Å². The lowest BCUT2D eigenvalue weighted by atomic mass is 10.1. The Hall–Kier alpha value is -1.00. The molecule has 2 unspecified atom stereocenters. The molecule has 1 rings (SSSR count). The van der Waals surface area contributed by atoms with Gasteiger partial charge in [-0.3, -0.25) is 4.79 Å². The molecule has 0 amide bonds. The number of carbonyl (C=O) groups is 1. The Kier molecular flexibility index (Phi) is 4.65. The van der Waals surface area contributed by atoms with E-state index in [9.17, 15) is 4.79 Å². The third-order valence-corrected chi connectivity index (χ3v) is 3.31. The van der Waals surface area contributed by atoms with Crippen molar-refractivity contribution in [3.8, 4) is 0 Å². The third-order valence-electron chi connectivity index (χ3n) is 1.95. The van der Waals surface area contributed by atoms with Gasteiger partial charge in [-0.1, -0.05) is 37.3 Å². The number of aliphatic hydroxyl groups is 1. The number of aliphatic hydroxyl groups excluding tert-OH is 1. The lowest BCUT2D eigenvalue weighted by Crippen LogP contribution is -2.13. The van der Waals surface area contributed by atoms with Gasteiger partial charge in [0.25, 0.3) is 0 Å². The maximum atomic E-state index is 11.0. The van der Waals surface area contributed by atoms with Gasteiger partial charge in [0.05, 0.1) is 6.61 Å². The molecule has 0 aromatic heterocycles. The highest BCUT2D eigenvalue weighted by Crippen LogP contribution is 2.32. The van der Waals surface area contributed by atoms with Crippen molar-refractivity contribution < 1.29 is 15.0 Å². The van der Waals surface area contributed by atoms with Crippen molar-refractivity contribution in [2.45, 2.75) is 17.4 Å². The quantitative estimate of drug-likeness (QED) is 0.805. The van der Waals surface area contributed by atoms with E-state index in [4.69, 9.17) is 10.2 Å². The van der Waals surface area contributed by atoms with Crippen LogP contribution in [0.5, 0.6) is 0 Å². The molecule has 0 radical (unpaired) electrons. The van der Waals surface area contributed by atoms with E-state index < -0.39 is 11.2 Å². The van der Waals surface area contributed by atoms with Crippen LogP contribution in [0.15, 0.2) is 30.3 Å². The van der Waals surface area contributed by atoms with Crippen LogP contribution < -0.4 is 0 Å². The lowest BCUT2D eigenvalue weighted by molar-refractivity contribution is -0.136. The van der Waals surface area contributed by atoms with Gasteiger partial charge < -0.3 is 10.2 Å². The van der Waals surface area contributed by atoms with Crippen molar-refractivity contribution in [3.05, 3.63) is 35.9 Å². The van der Waals surface area contributed by atoms with Crippen molar-refractivity contribution in [1.82, 2.24) is 0 Å². The number of aliphatic carboxylic acids is 1. The molecular formula is C11H14O3S. The third kappa shape index (κ3) is 3.57. The summed E-state index contributed by atoms with van der Waals surface area (Å²) in [7, 11) is 0. The van der Waals surface area contributed by atoms with E-state index in [0.29, 0.717) is 0 Å². The van der Waals surface area contributed by atoms with E-state index in [1.54, 1.807) is 12.1 Å². The van der Waals surface area contributed by atoms with Gasteiger partial charge in [0.15, 0.2) is 0 Å². The second kappa shape index (κ2) is 5.78. The second-order valence-electron chi connectivity index (χ2n) is 3.26. The first-order valence-electron chi connectivity index (χ1n) is 4.69. The van der Waals surface area contributed by atoms with Crippen molar-refractivity contribution in [2.75, 3.05) is 6.61 Å². The predicted molar refractivity (Wildman–Crippen MR) is 61.0 cm³/mol. The van der Waals surface area contributed by atoms with Gasteiger partial charge in [0.2, 0.25) is 0 Å². The molecule has 0 bridgehead atoms. The Morgan fingerprint density at radius 3 is 2.47 bits per heavy atom. The number of carboxylic acid groups (broad SMARTS) is 1. The summed E-state index contributed by atoms with van der Waals surface area (Å²) in [5.74, 6) is -0.869. The summed E-state index contributed by atoms with van der Waals surface area (Å²) in [6, 6.07) is 9.05. The molecule has 0 spiro atoms. The van der Waals surface area contributed by atoms with Crippen molar-refractivity contribution in [3.63, 3.8) is 0 Å². The molecule has 1 aromatic rings. The molecule has 0 aliphatic carbocycles. The molecule has 0 saturated heterocycles. The maximum Gasteiger partial charge on any atom is 0.321 e. The fraction of sp³-hybridized carbons (Fsp3) is 0.364. The number of carboxylic acids is 1. The topological polar surface area (TPSA) is 57.5 Å². The number of hydrogen-bond acceptors (Lipinski definition) is 3. The highest BCUT2D eigenvalue weighted by atomic mass is 32.2. The summed E-state index contributed by atoms with van der Waals surface area (Å²) in [5.41, 5.74) is 0.760. The summed E-state index contributed by atoms with van der Waals surface area (Å²) < 4.78 is 0. The van der Waals surface area contributed by atoms with Crippen LogP contribution in [-0.4, -0.2) is 28.0 Å². The molecular weight excluding hydrogens is 212 g/mol. The molecule has 2 atom stereocenters. The average molecular weight is 226 g/mol. The second-order valence-corrected chi connectivity index (χ2v) is 4.81. The SMILES string of the molecule is CC(CO)SC(C(=O)O)c1ccccc1. The van der Waals surface area contributed by atoms with E-state index in [-0.39, 0.29) is 11.9 Å². The molecule has 0 aliphatic rings. The molecule has 15 heavy (non-hydrogen) atoms. The molecule has 2 N–H and O–H groups in total. The van der Waals surface area contributed by atoms with Gasteiger partial charge in [-0.25, -0.2) is 0 Å². The Labute approximate surface area is 93.1 Å². The van der Waals surface area contributed by atoms with Crippen molar-refractivity contribution >= 4 is 17.7 Å². The normalized spacial score (nSPS) is 14.5. The molecule has 82 valence electrons. The van der Waals surface area contributed by atoms with Crippen LogP contribution in [0, 0.1) is 0 Å². The van der Waals surface area contributed by atoms with E-state index in [1.807, 2.05) is 25.1 Å². The average Bonchev–Trinajstić information content (AvgIpc) is 2.26. The first-order valence-corrected chi connectivity index (χ1v) is 5.63. The fourth-order valence-electron chi connectivity index (χ4n) is 1.18. The van der Waals surface area contributed by atoms with Crippen LogP contribution in [-0.2, 0) is 4.79 Å². The van der Waals surface area contributed by atoms with E-state index in [1.165, 1.54) is 11.8 Å². The Balaban J connectivity index is 2.80. The Bertz CT molecular complexity index is 313. The van der Waals surface area contributed by atoms with Crippen LogP contribution in [0.2, 0.25) is 0 Å². The Morgan fingerprint density at radius 1 is 1.40 bits per heavy atom. The molecule has 0 fully saturated rings. The zero-order valence-electron chi connectivity index (χ0n) is 8.46. The molecule has 0 saturated carbocycles.